The molecule has 0 aromatic heterocycles. The Bertz CT molecular complexity index is 1100. The summed E-state index contributed by atoms with van der Waals surface area (Å²) in [5.74, 6) is 0. The van der Waals surface area contributed by atoms with Gasteiger partial charge < -0.3 is 4.65 Å². The number of hydrogen-bond donors (Lipinski definition) is 0. The van der Waals surface area contributed by atoms with Crippen molar-refractivity contribution in [2.45, 2.75) is 38.5 Å². The molecule has 0 saturated heterocycles. The maximum atomic E-state index is 6.25. The Labute approximate surface area is 177 Å². The predicted molar refractivity (Wildman–Crippen MR) is 133 cm³/mol. The average Bonchev–Trinajstić information content (AvgIpc) is 2.70. The molecule has 1 unspecified atom stereocenters. The Morgan fingerprint density at radius 3 is 1.76 bits per heavy atom. The number of benzene rings is 4. The van der Waals surface area contributed by atoms with Gasteiger partial charge in [-0.15, -0.1) is 9.24 Å². The summed E-state index contributed by atoms with van der Waals surface area (Å²) in [5, 5.41) is 5.15. The molecule has 0 bridgehead atoms. The Morgan fingerprint density at radius 2 is 1.24 bits per heavy atom. The molecule has 0 N–H and O–H groups in total. The summed E-state index contributed by atoms with van der Waals surface area (Å²) in [6.07, 6.45) is 0. The highest BCUT2D eigenvalue weighted by Crippen LogP contribution is 2.36. The van der Waals surface area contributed by atoms with Gasteiger partial charge in [-0.1, -0.05) is 92.1 Å². The van der Waals surface area contributed by atoms with Gasteiger partial charge in [0.2, 0.25) is 0 Å². The first kappa shape index (κ1) is 20.1. The second kappa shape index (κ2) is 7.60. The van der Waals surface area contributed by atoms with Crippen LogP contribution < -0.4 is 5.46 Å². The van der Waals surface area contributed by atoms with E-state index in [4.69, 9.17) is 4.65 Å². The molecule has 1 nitrogen and oxygen atoms in total. The molecule has 0 aliphatic heterocycles. The fraction of sp³-hybridized carbons (Fsp3) is 0.231. The van der Waals surface area contributed by atoms with Gasteiger partial charge in [0.25, 0.3) is 0 Å². The molecule has 0 heterocycles. The maximum Gasteiger partial charge on any atom is 0.309 e. The molecule has 1 atom stereocenters. The second-order valence-electron chi connectivity index (χ2n) is 8.91. The van der Waals surface area contributed by atoms with E-state index >= 15 is 0 Å². The van der Waals surface area contributed by atoms with Crippen molar-refractivity contribution in [3.05, 3.63) is 78.9 Å². The molecule has 0 saturated carbocycles. The van der Waals surface area contributed by atoms with E-state index in [-0.39, 0.29) is 10.8 Å². The van der Waals surface area contributed by atoms with E-state index in [1.54, 1.807) is 0 Å². The average molecular weight is 398 g/mol. The van der Waals surface area contributed by atoms with Gasteiger partial charge in [-0.05, 0) is 52.6 Å². The van der Waals surface area contributed by atoms with Crippen LogP contribution in [0.1, 0.15) is 27.7 Å². The molecule has 4 aromatic rings. The quantitative estimate of drug-likeness (QED) is 0.225. The molecule has 4 aromatic carbocycles. The van der Waals surface area contributed by atoms with Crippen LogP contribution in [0.3, 0.4) is 0 Å². The normalized spacial score (nSPS) is 12.4. The SMILES string of the molecule is CC(C)(P)C(C)(C)OBc1ccc(-c2c3ccccc3cc3ccccc23)cc1. The van der Waals surface area contributed by atoms with Gasteiger partial charge in [-0.3, -0.25) is 0 Å². The van der Waals surface area contributed by atoms with Gasteiger partial charge in [0.1, 0.15) is 0 Å². The molecule has 29 heavy (non-hydrogen) atoms. The number of fused-ring (bicyclic) bond motifs is 2. The van der Waals surface area contributed by atoms with Crippen molar-refractivity contribution in [3.8, 4) is 11.1 Å². The molecular weight excluding hydrogens is 370 g/mol. The molecule has 0 spiro atoms. The lowest BCUT2D eigenvalue weighted by atomic mass is 9.83. The van der Waals surface area contributed by atoms with Crippen LogP contribution in [0.15, 0.2) is 78.9 Å². The third-order valence-electron chi connectivity index (χ3n) is 6.17. The summed E-state index contributed by atoms with van der Waals surface area (Å²) in [6, 6.07) is 28.4. The van der Waals surface area contributed by atoms with Crippen molar-refractivity contribution in [2.24, 2.45) is 0 Å². The first-order chi connectivity index (χ1) is 13.8. The molecule has 0 amide bonds. The van der Waals surface area contributed by atoms with Crippen LogP contribution in [-0.4, -0.2) is 18.2 Å². The van der Waals surface area contributed by atoms with Crippen LogP contribution in [0.5, 0.6) is 0 Å². The maximum absolute atomic E-state index is 6.25. The molecule has 0 aliphatic rings. The third-order valence-corrected chi connectivity index (χ3v) is 6.86. The standard InChI is InChI=1S/C26H28BOP/c1-25(2,26(3,4)29)28-27-21-15-13-18(14-16-21)24-22-11-7-5-9-19(22)17-20-10-6-8-12-23(20)24/h5-17,27H,29H2,1-4H3. The number of hydrogen-bond acceptors (Lipinski definition) is 1. The van der Waals surface area contributed by atoms with Gasteiger partial charge >= 0.3 is 7.48 Å². The topological polar surface area (TPSA) is 9.23 Å². The summed E-state index contributed by atoms with van der Waals surface area (Å²) in [7, 11) is 3.51. The minimum absolute atomic E-state index is 0.00874. The Morgan fingerprint density at radius 1 is 0.724 bits per heavy atom. The summed E-state index contributed by atoms with van der Waals surface area (Å²) in [4.78, 5) is 0. The highest BCUT2D eigenvalue weighted by atomic mass is 31.0. The highest BCUT2D eigenvalue weighted by Gasteiger charge is 2.33. The predicted octanol–water partition coefficient (Wildman–Crippen LogP) is 6.09. The third kappa shape index (κ3) is 3.97. The largest absolute Gasteiger partial charge is 0.429 e. The van der Waals surface area contributed by atoms with Crippen molar-refractivity contribution in [1.82, 2.24) is 0 Å². The molecular formula is C26H28BOP. The zero-order valence-electron chi connectivity index (χ0n) is 17.7. The van der Waals surface area contributed by atoms with Gasteiger partial charge in [-0.25, -0.2) is 0 Å². The summed E-state index contributed by atoms with van der Waals surface area (Å²) in [5.41, 5.74) is 3.52. The fourth-order valence-corrected chi connectivity index (χ4v) is 3.63. The van der Waals surface area contributed by atoms with Crippen molar-refractivity contribution >= 4 is 43.7 Å². The lowest BCUT2D eigenvalue weighted by Gasteiger charge is -2.39. The van der Waals surface area contributed by atoms with Crippen molar-refractivity contribution in [1.29, 1.82) is 0 Å². The van der Waals surface area contributed by atoms with Crippen molar-refractivity contribution in [3.63, 3.8) is 0 Å². The lowest BCUT2D eigenvalue weighted by molar-refractivity contribution is 0.0841. The van der Waals surface area contributed by atoms with Gasteiger partial charge in [0, 0.05) is 5.16 Å². The van der Waals surface area contributed by atoms with Crippen LogP contribution in [0, 0.1) is 0 Å². The van der Waals surface area contributed by atoms with E-state index < -0.39 is 0 Å². The Hall–Kier alpha value is -2.15. The smallest absolute Gasteiger partial charge is 0.309 e. The minimum atomic E-state index is -0.220. The Balaban J connectivity index is 1.72. The van der Waals surface area contributed by atoms with Crippen LogP contribution >= 0.6 is 9.24 Å². The molecule has 4 rings (SSSR count). The molecule has 0 aliphatic carbocycles. The number of rotatable bonds is 5. The monoisotopic (exact) mass is 398 g/mol. The fourth-order valence-electron chi connectivity index (χ4n) is 3.54. The van der Waals surface area contributed by atoms with E-state index in [0.29, 0.717) is 7.48 Å². The van der Waals surface area contributed by atoms with Gasteiger partial charge in [0.15, 0.2) is 0 Å². The highest BCUT2D eigenvalue weighted by molar-refractivity contribution is 7.19. The first-order valence-electron chi connectivity index (χ1n) is 10.2. The zero-order chi connectivity index (χ0) is 20.6. The van der Waals surface area contributed by atoms with E-state index in [2.05, 4.69) is 116 Å². The second-order valence-corrected chi connectivity index (χ2v) is 10.4. The van der Waals surface area contributed by atoms with Gasteiger partial charge in [0.05, 0.1) is 5.60 Å². The molecule has 146 valence electrons. The summed E-state index contributed by atoms with van der Waals surface area (Å²) in [6.45, 7) is 8.67. The van der Waals surface area contributed by atoms with E-state index in [1.807, 2.05) is 0 Å². The molecule has 0 fully saturated rings. The first-order valence-corrected chi connectivity index (χ1v) is 10.8. The van der Waals surface area contributed by atoms with Crippen LogP contribution in [0.25, 0.3) is 32.7 Å². The van der Waals surface area contributed by atoms with Gasteiger partial charge in [-0.2, -0.15) is 0 Å². The van der Waals surface area contributed by atoms with E-state index in [0.717, 1.165) is 0 Å². The van der Waals surface area contributed by atoms with Crippen LogP contribution in [0.2, 0.25) is 0 Å². The molecule has 3 heteroatoms. The Kier molecular flexibility index (Phi) is 5.28. The van der Waals surface area contributed by atoms with E-state index in [1.165, 1.54) is 38.1 Å². The van der Waals surface area contributed by atoms with Crippen LogP contribution in [-0.2, 0) is 4.65 Å². The molecule has 0 radical (unpaired) electrons. The lowest BCUT2D eigenvalue weighted by Crippen LogP contribution is -2.45. The van der Waals surface area contributed by atoms with E-state index in [9.17, 15) is 0 Å². The van der Waals surface area contributed by atoms with Crippen LogP contribution in [0.4, 0.5) is 0 Å². The minimum Gasteiger partial charge on any atom is -0.429 e. The summed E-state index contributed by atoms with van der Waals surface area (Å²) < 4.78 is 6.25. The van der Waals surface area contributed by atoms with Crippen molar-refractivity contribution < 1.29 is 4.65 Å². The van der Waals surface area contributed by atoms with Crippen molar-refractivity contribution in [2.75, 3.05) is 0 Å². The summed E-state index contributed by atoms with van der Waals surface area (Å²) >= 11 is 0. The zero-order valence-corrected chi connectivity index (χ0v) is 18.9.